The highest BCUT2D eigenvalue weighted by atomic mass is 19.3. The molecule has 1 unspecified atom stereocenters. The van der Waals surface area contributed by atoms with Crippen molar-refractivity contribution < 1.29 is 13.2 Å². The Morgan fingerprint density at radius 3 is 2.45 bits per heavy atom. The van der Waals surface area contributed by atoms with E-state index in [1.807, 2.05) is 29.2 Å². The molecule has 162 valence electrons. The number of hydrogen-bond acceptors (Lipinski definition) is 4. The van der Waals surface area contributed by atoms with E-state index in [0.717, 1.165) is 25.9 Å². The van der Waals surface area contributed by atoms with Gasteiger partial charge < -0.3 is 9.80 Å². The SMILES string of the molecule is C=N/N=C(/CC1CC1(F)F)N1C=CC(N2CCC(c3ccc(C#N)cc3)CC2)=C(F)C1. The summed E-state index contributed by atoms with van der Waals surface area (Å²) in [6.07, 6.45) is 5.04. The lowest BCUT2D eigenvalue weighted by Crippen LogP contribution is -2.36. The highest BCUT2D eigenvalue weighted by Crippen LogP contribution is 2.51. The fourth-order valence-electron chi connectivity index (χ4n) is 4.28. The van der Waals surface area contributed by atoms with Crippen LogP contribution in [0.2, 0.25) is 0 Å². The average Bonchev–Trinajstić information content (AvgIpc) is 3.39. The number of piperidine rings is 1. The number of halogens is 3. The van der Waals surface area contributed by atoms with Gasteiger partial charge in [-0.3, -0.25) is 0 Å². The second kappa shape index (κ2) is 8.58. The first kappa shape index (κ1) is 21.2. The third kappa shape index (κ3) is 4.66. The molecule has 2 heterocycles. The van der Waals surface area contributed by atoms with Crippen LogP contribution in [-0.2, 0) is 0 Å². The van der Waals surface area contributed by atoms with Gasteiger partial charge in [-0.1, -0.05) is 12.1 Å². The summed E-state index contributed by atoms with van der Waals surface area (Å²) in [5.41, 5.74) is 2.38. The Hall–Kier alpha value is -3.08. The molecule has 2 aliphatic heterocycles. The van der Waals surface area contributed by atoms with Crippen LogP contribution in [0.5, 0.6) is 0 Å². The van der Waals surface area contributed by atoms with Crippen LogP contribution in [-0.4, -0.2) is 47.9 Å². The molecular formula is C23H24F3N5. The number of likely N-dealkylation sites (tertiary alicyclic amines) is 1. The van der Waals surface area contributed by atoms with E-state index >= 15 is 0 Å². The Balaban J connectivity index is 1.37. The quantitative estimate of drug-likeness (QED) is 0.385. The lowest BCUT2D eigenvalue weighted by atomic mass is 9.88. The van der Waals surface area contributed by atoms with Gasteiger partial charge in [0, 0.05) is 44.8 Å². The van der Waals surface area contributed by atoms with Gasteiger partial charge in [0.15, 0.2) is 0 Å². The summed E-state index contributed by atoms with van der Waals surface area (Å²) in [6, 6.07) is 9.78. The topological polar surface area (TPSA) is 55.0 Å². The number of rotatable bonds is 5. The van der Waals surface area contributed by atoms with Crippen molar-refractivity contribution >= 4 is 12.6 Å². The molecule has 2 fully saturated rings. The molecule has 0 N–H and O–H groups in total. The van der Waals surface area contributed by atoms with E-state index in [9.17, 15) is 13.2 Å². The molecule has 31 heavy (non-hydrogen) atoms. The number of allylic oxidation sites excluding steroid dienone is 1. The van der Waals surface area contributed by atoms with E-state index < -0.39 is 11.8 Å². The summed E-state index contributed by atoms with van der Waals surface area (Å²) in [5, 5.41) is 16.3. The van der Waals surface area contributed by atoms with Crippen LogP contribution in [0, 0.1) is 17.2 Å². The summed E-state index contributed by atoms with van der Waals surface area (Å²) in [4.78, 5) is 3.56. The molecule has 0 spiro atoms. The molecule has 8 heteroatoms. The molecule has 4 rings (SSSR count). The molecule has 0 amide bonds. The number of hydrogen-bond donors (Lipinski definition) is 0. The molecular weight excluding hydrogens is 403 g/mol. The molecule has 1 aliphatic carbocycles. The van der Waals surface area contributed by atoms with E-state index in [4.69, 9.17) is 5.26 Å². The van der Waals surface area contributed by atoms with Gasteiger partial charge in [-0.25, -0.2) is 13.2 Å². The van der Waals surface area contributed by atoms with Gasteiger partial charge in [-0.05, 0) is 42.5 Å². The largest absolute Gasteiger partial charge is 0.369 e. The van der Waals surface area contributed by atoms with Crippen LogP contribution >= 0.6 is 0 Å². The maximum absolute atomic E-state index is 15.0. The van der Waals surface area contributed by atoms with Gasteiger partial charge >= 0.3 is 0 Å². The third-order valence-corrected chi connectivity index (χ3v) is 6.25. The minimum Gasteiger partial charge on any atom is -0.369 e. The van der Waals surface area contributed by atoms with Crippen LogP contribution < -0.4 is 0 Å². The van der Waals surface area contributed by atoms with Gasteiger partial charge in [0.2, 0.25) is 0 Å². The fourth-order valence-corrected chi connectivity index (χ4v) is 4.28. The first-order valence-electron chi connectivity index (χ1n) is 10.4. The number of benzene rings is 1. The lowest BCUT2D eigenvalue weighted by Gasteiger charge is -2.36. The van der Waals surface area contributed by atoms with E-state index in [0.29, 0.717) is 23.0 Å². The van der Waals surface area contributed by atoms with Gasteiger partial charge in [0.25, 0.3) is 5.92 Å². The maximum atomic E-state index is 15.0. The van der Waals surface area contributed by atoms with Crippen molar-refractivity contribution in [3.63, 3.8) is 0 Å². The molecule has 1 saturated heterocycles. The van der Waals surface area contributed by atoms with E-state index in [-0.39, 0.29) is 25.2 Å². The van der Waals surface area contributed by atoms with Crippen molar-refractivity contribution in [1.29, 1.82) is 5.26 Å². The maximum Gasteiger partial charge on any atom is 0.252 e. The Morgan fingerprint density at radius 1 is 1.23 bits per heavy atom. The molecule has 0 aromatic heterocycles. The second-order valence-electron chi connectivity index (χ2n) is 8.25. The Kier molecular flexibility index (Phi) is 5.86. The van der Waals surface area contributed by atoms with Crippen LogP contribution in [0.4, 0.5) is 13.2 Å². The first-order valence-corrected chi connectivity index (χ1v) is 10.4. The number of nitriles is 1. The highest BCUT2D eigenvalue weighted by molar-refractivity contribution is 5.84. The lowest BCUT2D eigenvalue weighted by molar-refractivity contribution is 0.0998. The zero-order valence-electron chi connectivity index (χ0n) is 17.1. The van der Waals surface area contributed by atoms with Crippen molar-refractivity contribution in [2.45, 2.75) is 37.5 Å². The van der Waals surface area contributed by atoms with Crippen molar-refractivity contribution in [1.82, 2.24) is 9.80 Å². The summed E-state index contributed by atoms with van der Waals surface area (Å²) in [5.74, 6) is -3.05. The Labute approximate surface area is 179 Å². The number of alkyl halides is 2. The molecule has 1 saturated carbocycles. The van der Waals surface area contributed by atoms with Crippen LogP contribution in [0.3, 0.4) is 0 Å². The summed E-state index contributed by atoms with van der Waals surface area (Å²) in [6.45, 7) is 4.70. The van der Waals surface area contributed by atoms with Crippen molar-refractivity contribution in [2.75, 3.05) is 19.6 Å². The fraction of sp³-hybridized carbons (Fsp3) is 0.435. The van der Waals surface area contributed by atoms with Crippen LogP contribution in [0.25, 0.3) is 0 Å². The zero-order chi connectivity index (χ0) is 22.0. The second-order valence-corrected chi connectivity index (χ2v) is 8.25. The molecule has 3 aliphatic rings. The Bertz CT molecular complexity index is 966. The molecule has 1 aromatic rings. The predicted molar refractivity (Wildman–Crippen MR) is 113 cm³/mol. The standard InChI is InChI=1S/C23H24F3N5/c1-28-29-22(12-19-13-23(19,25)26)31-11-8-21(20(24)15-31)30-9-6-18(7-10-30)17-4-2-16(14-27)3-5-17/h2-5,8,11,18-19H,1,6-7,9-10,12-13,15H2/b29-22-. The molecule has 1 aromatic carbocycles. The first-order chi connectivity index (χ1) is 14.9. The van der Waals surface area contributed by atoms with Gasteiger partial charge in [0.05, 0.1) is 23.9 Å². The third-order valence-electron chi connectivity index (χ3n) is 6.25. The van der Waals surface area contributed by atoms with Crippen molar-refractivity contribution in [2.24, 2.45) is 16.1 Å². The van der Waals surface area contributed by atoms with E-state index in [2.05, 4.69) is 23.0 Å². The molecule has 5 nitrogen and oxygen atoms in total. The van der Waals surface area contributed by atoms with Gasteiger partial charge in [0.1, 0.15) is 11.7 Å². The smallest absolute Gasteiger partial charge is 0.252 e. The minimum absolute atomic E-state index is 0.0476. The van der Waals surface area contributed by atoms with Crippen LogP contribution in [0.1, 0.15) is 42.7 Å². The Morgan fingerprint density at radius 2 is 1.90 bits per heavy atom. The summed E-state index contributed by atoms with van der Waals surface area (Å²) in [7, 11) is 0. The summed E-state index contributed by atoms with van der Waals surface area (Å²) < 4.78 is 41.5. The normalized spacial score (nSPS) is 23.7. The molecule has 0 bridgehead atoms. The van der Waals surface area contributed by atoms with Crippen molar-refractivity contribution in [3.8, 4) is 6.07 Å². The van der Waals surface area contributed by atoms with Crippen molar-refractivity contribution in [3.05, 3.63) is 59.2 Å². The molecule has 1 atom stereocenters. The summed E-state index contributed by atoms with van der Waals surface area (Å²) >= 11 is 0. The highest BCUT2D eigenvalue weighted by Gasteiger charge is 2.57. The van der Waals surface area contributed by atoms with E-state index in [1.165, 1.54) is 10.5 Å². The average molecular weight is 427 g/mol. The monoisotopic (exact) mass is 427 g/mol. The van der Waals surface area contributed by atoms with E-state index in [1.54, 1.807) is 12.3 Å². The minimum atomic E-state index is -2.67. The number of amidine groups is 1. The van der Waals surface area contributed by atoms with Crippen LogP contribution in [0.15, 0.2) is 58.3 Å². The van der Waals surface area contributed by atoms with Gasteiger partial charge in [-0.2, -0.15) is 10.4 Å². The van der Waals surface area contributed by atoms with Gasteiger partial charge in [-0.15, -0.1) is 5.10 Å². The zero-order valence-corrected chi connectivity index (χ0v) is 17.1. The number of nitrogens with zero attached hydrogens (tertiary/aromatic N) is 5. The predicted octanol–water partition coefficient (Wildman–Crippen LogP) is 4.81. The molecule has 0 radical (unpaired) electrons.